The first-order valence-electron chi connectivity index (χ1n) is 6.64. The van der Waals surface area contributed by atoms with Crippen molar-refractivity contribution >= 4 is 37.5 Å². The van der Waals surface area contributed by atoms with E-state index in [9.17, 15) is 13.2 Å². The van der Waals surface area contributed by atoms with Gasteiger partial charge in [-0.15, -0.1) is 0 Å². The smallest absolute Gasteiger partial charge is 0.240 e. The van der Waals surface area contributed by atoms with E-state index in [0.29, 0.717) is 5.69 Å². The summed E-state index contributed by atoms with van der Waals surface area (Å²) in [5.74, 6) is -0.0298. The molecular weight excluding hydrogens is 356 g/mol. The Morgan fingerprint density at radius 2 is 1.76 bits per heavy atom. The molecule has 0 saturated heterocycles. The highest BCUT2D eigenvalue weighted by molar-refractivity contribution is 9.10. The summed E-state index contributed by atoms with van der Waals surface area (Å²) in [6, 6.07) is 6.78. The Hall–Kier alpha value is -1.08. The lowest BCUT2D eigenvalue weighted by Crippen LogP contribution is -2.44. The lowest BCUT2D eigenvalue weighted by atomic mass is 10.1. The number of nitrogens with one attached hydrogen (secondary N) is 1. The Morgan fingerprint density at radius 3 is 2.19 bits per heavy atom. The molecule has 0 aromatic heterocycles. The number of hydrogen-bond acceptors (Lipinski definition) is 3. The van der Waals surface area contributed by atoms with Crippen LogP contribution in [0.15, 0.2) is 28.7 Å². The van der Waals surface area contributed by atoms with Crippen LogP contribution in [0.5, 0.6) is 0 Å². The molecule has 21 heavy (non-hydrogen) atoms. The van der Waals surface area contributed by atoms with Crippen LogP contribution in [0.25, 0.3) is 0 Å². The van der Waals surface area contributed by atoms with Crippen molar-refractivity contribution in [1.29, 1.82) is 0 Å². The molecule has 0 bridgehead atoms. The van der Waals surface area contributed by atoms with Gasteiger partial charge in [0.25, 0.3) is 0 Å². The van der Waals surface area contributed by atoms with Gasteiger partial charge in [0.1, 0.15) is 6.54 Å². The number of halogens is 1. The van der Waals surface area contributed by atoms with Crippen molar-refractivity contribution in [3.63, 3.8) is 0 Å². The molecule has 5 nitrogen and oxygen atoms in total. The second-order valence-electron chi connectivity index (χ2n) is 5.35. The minimum absolute atomic E-state index is 0.0103. The van der Waals surface area contributed by atoms with E-state index in [1.165, 1.54) is 0 Å². The van der Waals surface area contributed by atoms with Gasteiger partial charge in [0.15, 0.2) is 0 Å². The van der Waals surface area contributed by atoms with Crippen molar-refractivity contribution in [3.8, 4) is 0 Å². The highest BCUT2D eigenvalue weighted by Gasteiger charge is 2.22. The lowest BCUT2D eigenvalue weighted by Gasteiger charge is -2.24. The molecule has 0 saturated carbocycles. The maximum absolute atomic E-state index is 12.0. The molecule has 0 aliphatic carbocycles. The van der Waals surface area contributed by atoms with Gasteiger partial charge in [-0.3, -0.25) is 9.10 Å². The van der Waals surface area contributed by atoms with Crippen LogP contribution in [0.1, 0.15) is 20.8 Å². The van der Waals surface area contributed by atoms with Crippen molar-refractivity contribution in [3.05, 3.63) is 28.7 Å². The molecule has 0 unspecified atom stereocenters. The fourth-order valence-corrected chi connectivity index (χ4v) is 2.72. The van der Waals surface area contributed by atoms with E-state index in [1.807, 2.05) is 20.8 Å². The molecule has 118 valence electrons. The molecule has 1 amide bonds. The summed E-state index contributed by atoms with van der Waals surface area (Å²) in [4.78, 5) is 12.0. The van der Waals surface area contributed by atoms with Crippen molar-refractivity contribution in [2.45, 2.75) is 26.8 Å². The highest BCUT2D eigenvalue weighted by atomic mass is 79.9. The summed E-state index contributed by atoms with van der Waals surface area (Å²) in [7, 11) is -3.52. The fraction of sp³-hybridized carbons (Fsp3) is 0.500. The number of sulfonamides is 1. The molecule has 1 aromatic carbocycles. The largest absolute Gasteiger partial charge is 0.352 e. The first kappa shape index (κ1) is 18.0. The third-order valence-electron chi connectivity index (χ3n) is 3.19. The van der Waals surface area contributed by atoms with E-state index in [2.05, 4.69) is 21.2 Å². The molecule has 1 atom stereocenters. The summed E-state index contributed by atoms with van der Waals surface area (Å²) in [5, 5.41) is 2.81. The number of nitrogens with zero attached hydrogens (tertiary/aromatic N) is 1. The SMILES string of the molecule is CC(C)[C@@H](C)NC(=O)CN(c1ccc(Br)cc1)S(C)(=O)=O. The van der Waals surface area contributed by atoms with Crippen LogP contribution in [0.3, 0.4) is 0 Å². The predicted molar refractivity (Wildman–Crippen MR) is 88.8 cm³/mol. The number of rotatable bonds is 6. The van der Waals surface area contributed by atoms with Crippen molar-refractivity contribution < 1.29 is 13.2 Å². The van der Waals surface area contributed by atoms with Crippen LogP contribution in [-0.4, -0.2) is 33.2 Å². The third-order valence-corrected chi connectivity index (χ3v) is 4.86. The van der Waals surface area contributed by atoms with Gasteiger partial charge < -0.3 is 5.32 Å². The van der Waals surface area contributed by atoms with Crippen molar-refractivity contribution in [2.24, 2.45) is 5.92 Å². The topological polar surface area (TPSA) is 66.5 Å². The third kappa shape index (κ3) is 5.67. The molecule has 0 fully saturated rings. The van der Waals surface area contributed by atoms with Crippen LogP contribution in [0.4, 0.5) is 5.69 Å². The Morgan fingerprint density at radius 1 is 1.24 bits per heavy atom. The van der Waals surface area contributed by atoms with Gasteiger partial charge in [0.05, 0.1) is 11.9 Å². The molecule has 0 aliphatic heterocycles. The molecule has 0 spiro atoms. The number of carbonyl (C=O) groups excluding carboxylic acids is 1. The number of benzene rings is 1. The summed E-state index contributed by atoms with van der Waals surface area (Å²) >= 11 is 3.30. The second-order valence-corrected chi connectivity index (χ2v) is 8.17. The Labute approximate surface area is 134 Å². The van der Waals surface area contributed by atoms with E-state index in [1.54, 1.807) is 24.3 Å². The molecular formula is C14H21BrN2O3S. The summed E-state index contributed by atoms with van der Waals surface area (Å²) in [6.07, 6.45) is 1.09. The maximum Gasteiger partial charge on any atom is 0.240 e. The average molecular weight is 377 g/mol. The van der Waals surface area contributed by atoms with E-state index in [-0.39, 0.29) is 24.4 Å². The Balaban J connectivity index is 2.91. The number of carbonyl (C=O) groups is 1. The zero-order chi connectivity index (χ0) is 16.2. The Bertz CT molecular complexity index is 585. The average Bonchev–Trinajstić information content (AvgIpc) is 2.35. The van der Waals surface area contributed by atoms with Crippen LogP contribution < -0.4 is 9.62 Å². The molecule has 0 radical (unpaired) electrons. The Kier molecular flexibility index (Phi) is 6.22. The van der Waals surface area contributed by atoms with Crippen LogP contribution in [-0.2, 0) is 14.8 Å². The molecule has 0 heterocycles. The van der Waals surface area contributed by atoms with Gasteiger partial charge in [-0.2, -0.15) is 0 Å². The summed E-state index contributed by atoms with van der Waals surface area (Å²) in [5.41, 5.74) is 0.466. The van der Waals surface area contributed by atoms with Gasteiger partial charge in [-0.1, -0.05) is 29.8 Å². The first-order valence-corrected chi connectivity index (χ1v) is 9.28. The van der Waals surface area contributed by atoms with Gasteiger partial charge in [0.2, 0.25) is 15.9 Å². The van der Waals surface area contributed by atoms with Crippen LogP contribution in [0.2, 0.25) is 0 Å². The van der Waals surface area contributed by atoms with E-state index < -0.39 is 10.0 Å². The molecule has 7 heteroatoms. The minimum atomic E-state index is -3.52. The second kappa shape index (κ2) is 7.26. The fourth-order valence-electron chi connectivity index (χ4n) is 1.60. The van der Waals surface area contributed by atoms with E-state index in [0.717, 1.165) is 15.0 Å². The van der Waals surface area contributed by atoms with Gasteiger partial charge in [-0.05, 0) is 37.1 Å². The van der Waals surface area contributed by atoms with E-state index >= 15 is 0 Å². The van der Waals surface area contributed by atoms with Gasteiger partial charge in [0, 0.05) is 10.5 Å². The quantitative estimate of drug-likeness (QED) is 0.828. The summed E-state index contributed by atoms with van der Waals surface area (Å²) < 4.78 is 25.8. The predicted octanol–water partition coefficient (Wildman–Crippen LogP) is 2.38. The summed E-state index contributed by atoms with van der Waals surface area (Å²) in [6.45, 7) is 5.66. The standard InChI is InChI=1S/C14H21BrN2O3S/c1-10(2)11(3)16-14(18)9-17(21(4,19)20)13-7-5-12(15)6-8-13/h5-8,10-11H,9H2,1-4H3,(H,16,18)/t11-/m1/s1. The van der Waals surface area contributed by atoms with E-state index in [4.69, 9.17) is 0 Å². The van der Waals surface area contributed by atoms with Gasteiger partial charge in [-0.25, -0.2) is 8.42 Å². The lowest BCUT2D eigenvalue weighted by molar-refractivity contribution is -0.120. The van der Waals surface area contributed by atoms with Crippen molar-refractivity contribution in [1.82, 2.24) is 5.32 Å². The zero-order valence-corrected chi connectivity index (χ0v) is 15.0. The molecule has 1 aromatic rings. The van der Waals surface area contributed by atoms with Crippen LogP contribution in [0, 0.1) is 5.92 Å². The number of hydrogen-bond donors (Lipinski definition) is 1. The normalized spacial score (nSPS) is 13.0. The zero-order valence-electron chi connectivity index (χ0n) is 12.6. The maximum atomic E-state index is 12.0. The number of anilines is 1. The molecule has 1 N–H and O–H groups in total. The first-order chi connectivity index (χ1) is 9.61. The van der Waals surface area contributed by atoms with Crippen LogP contribution >= 0.6 is 15.9 Å². The highest BCUT2D eigenvalue weighted by Crippen LogP contribution is 2.20. The van der Waals surface area contributed by atoms with Crippen molar-refractivity contribution in [2.75, 3.05) is 17.1 Å². The number of amides is 1. The molecule has 0 aliphatic rings. The molecule has 1 rings (SSSR count). The van der Waals surface area contributed by atoms with Gasteiger partial charge >= 0.3 is 0 Å². The minimum Gasteiger partial charge on any atom is -0.352 e. The monoisotopic (exact) mass is 376 g/mol.